The summed E-state index contributed by atoms with van der Waals surface area (Å²) in [6.45, 7) is 0. The first kappa shape index (κ1) is 18.8. The maximum absolute atomic E-state index is 11.9. The third-order valence-corrected chi connectivity index (χ3v) is 6.07. The number of hydrogen-bond acceptors (Lipinski definition) is 6. The van der Waals surface area contributed by atoms with E-state index in [1.165, 1.54) is 17.4 Å². The molecular formula is C23H24N4O3. The van der Waals surface area contributed by atoms with Gasteiger partial charge in [-0.15, -0.1) is 10.2 Å². The molecule has 7 heteroatoms. The lowest BCUT2D eigenvalue weighted by Crippen LogP contribution is -2.42. The molecule has 3 atom stereocenters. The largest absolute Gasteiger partial charge is 0.507 e. The van der Waals surface area contributed by atoms with E-state index in [0.717, 1.165) is 24.0 Å². The standard InChI is InChI=1S/C23H24N4O3/c1-27-9-8-15(11-23(27)29)14-2-5-19(21(28)10-14)20-6-7-22(26-25-20)30-18-12-16-3-4-17(13-18)24-16/h2,5-11,16-18,24,28H,3-4,12-13H2,1H3/t16-,17+,18?. The topological polar surface area (TPSA) is 89.3 Å². The Labute approximate surface area is 174 Å². The van der Waals surface area contributed by atoms with E-state index in [1.807, 2.05) is 18.2 Å². The molecule has 1 aromatic carbocycles. The molecule has 2 aliphatic rings. The van der Waals surface area contributed by atoms with E-state index >= 15 is 0 Å². The molecule has 0 radical (unpaired) electrons. The minimum Gasteiger partial charge on any atom is -0.507 e. The van der Waals surface area contributed by atoms with Crippen LogP contribution in [0, 0.1) is 0 Å². The van der Waals surface area contributed by atoms with Gasteiger partial charge in [0.25, 0.3) is 5.56 Å². The van der Waals surface area contributed by atoms with Crippen LogP contribution in [0.1, 0.15) is 25.7 Å². The van der Waals surface area contributed by atoms with Gasteiger partial charge in [-0.1, -0.05) is 6.07 Å². The summed E-state index contributed by atoms with van der Waals surface area (Å²) in [6, 6.07) is 13.4. The number of rotatable bonds is 4. The van der Waals surface area contributed by atoms with Crippen molar-refractivity contribution < 1.29 is 9.84 Å². The van der Waals surface area contributed by atoms with Gasteiger partial charge in [0.2, 0.25) is 5.88 Å². The molecule has 2 aromatic heterocycles. The number of nitrogens with zero attached hydrogens (tertiary/aromatic N) is 3. The lowest BCUT2D eigenvalue weighted by molar-refractivity contribution is 0.130. The highest BCUT2D eigenvalue weighted by Gasteiger charge is 2.34. The number of benzene rings is 1. The molecule has 30 heavy (non-hydrogen) atoms. The summed E-state index contributed by atoms with van der Waals surface area (Å²) in [7, 11) is 1.70. The highest BCUT2D eigenvalue weighted by molar-refractivity contribution is 5.74. The Bertz CT molecular complexity index is 1110. The number of aromatic nitrogens is 3. The average molecular weight is 404 g/mol. The molecule has 2 bridgehead atoms. The summed E-state index contributed by atoms with van der Waals surface area (Å²) in [5, 5.41) is 22.6. The van der Waals surface area contributed by atoms with Crippen molar-refractivity contribution in [2.24, 2.45) is 7.05 Å². The van der Waals surface area contributed by atoms with Gasteiger partial charge in [0.05, 0.1) is 5.69 Å². The predicted octanol–water partition coefficient (Wildman–Crippen LogP) is 2.88. The number of phenolic OH excluding ortho intramolecular Hbond substituents is 1. The number of fused-ring (bicyclic) bond motifs is 2. The fraction of sp³-hybridized carbons (Fsp3) is 0.348. The smallest absolute Gasteiger partial charge is 0.250 e. The van der Waals surface area contributed by atoms with Gasteiger partial charge in [0.1, 0.15) is 11.9 Å². The van der Waals surface area contributed by atoms with Gasteiger partial charge in [0, 0.05) is 43.0 Å². The molecule has 2 N–H and O–H groups in total. The van der Waals surface area contributed by atoms with Crippen LogP contribution >= 0.6 is 0 Å². The number of aromatic hydroxyl groups is 1. The second-order valence-corrected chi connectivity index (χ2v) is 8.20. The summed E-state index contributed by atoms with van der Waals surface area (Å²) in [5.74, 6) is 0.604. The first-order valence-electron chi connectivity index (χ1n) is 10.3. The average Bonchev–Trinajstić information content (AvgIpc) is 3.09. The molecule has 5 rings (SSSR count). The fourth-order valence-electron chi connectivity index (χ4n) is 4.45. The normalized spacial score (nSPS) is 22.8. The Balaban J connectivity index is 1.32. The molecule has 4 heterocycles. The highest BCUT2D eigenvalue weighted by atomic mass is 16.5. The first-order chi connectivity index (χ1) is 14.5. The lowest BCUT2D eigenvalue weighted by atomic mass is 10.0. The molecule has 0 aliphatic carbocycles. The Morgan fingerprint density at radius 1 is 1.03 bits per heavy atom. The quantitative estimate of drug-likeness (QED) is 0.695. The lowest BCUT2D eigenvalue weighted by Gasteiger charge is -2.28. The zero-order chi connectivity index (χ0) is 20.7. The minimum absolute atomic E-state index is 0.0890. The number of piperidine rings is 1. The van der Waals surface area contributed by atoms with E-state index in [1.54, 1.807) is 37.5 Å². The van der Waals surface area contributed by atoms with E-state index in [2.05, 4.69) is 15.5 Å². The predicted molar refractivity (Wildman–Crippen MR) is 113 cm³/mol. The maximum Gasteiger partial charge on any atom is 0.250 e. The van der Waals surface area contributed by atoms with Crippen LogP contribution in [0.25, 0.3) is 22.4 Å². The number of hydrogen-bond donors (Lipinski definition) is 2. The monoisotopic (exact) mass is 404 g/mol. The van der Waals surface area contributed by atoms with Crippen molar-refractivity contribution in [1.82, 2.24) is 20.1 Å². The SMILES string of the molecule is Cn1ccc(-c2ccc(-c3ccc(OC4C[C@H]5CC[C@@H](C4)N5)nn3)c(O)c2)cc1=O. The van der Waals surface area contributed by atoms with Gasteiger partial charge in [-0.3, -0.25) is 4.79 Å². The third kappa shape index (κ3) is 3.68. The van der Waals surface area contributed by atoms with Crippen LogP contribution < -0.4 is 15.6 Å². The fourth-order valence-corrected chi connectivity index (χ4v) is 4.45. The number of ether oxygens (including phenoxy) is 1. The van der Waals surface area contributed by atoms with Gasteiger partial charge in [-0.05, 0) is 61.1 Å². The summed E-state index contributed by atoms with van der Waals surface area (Å²) >= 11 is 0. The van der Waals surface area contributed by atoms with Crippen molar-refractivity contribution in [2.45, 2.75) is 43.9 Å². The van der Waals surface area contributed by atoms with Crippen molar-refractivity contribution >= 4 is 0 Å². The summed E-state index contributed by atoms with van der Waals surface area (Å²) in [5.41, 5.74) is 2.58. The summed E-state index contributed by atoms with van der Waals surface area (Å²) in [6.07, 6.45) is 6.34. The van der Waals surface area contributed by atoms with E-state index in [0.29, 0.717) is 29.2 Å². The van der Waals surface area contributed by atoms with Gasteiger partial charge in [-0.2, -0.15) is 0 Å². The van der Waals surface area contributed by atoms with Crippen molar-refractivity contribution in [3.05, 3.63) is 59.0 Å². The molecule has 2 fully saturated rings. The zero-order valence-electron chi connectivity index (χ0n) is 16.8. The molecule has 2 aliphatic heterocycles. The highest BCUT2D eigenvalue weighted by Crippen LogP contribution is 2.33. The Kier molecular flexibility index (Phi) is 4.75. The van der Waals surface area contributed by atoms with E-state index in [4.69, 9.17) is 4.74 Å². The van der Waals surface area contributed by atoms with E-state index in [9.17, 15) is 9.90 Å². The Morgan fingerprint density at radius 3 is 2.47 bits per heavy atom. The van der Waals surface area contributed by atoms with Crippen LogP contribution in [0.4, 0.5) is 0 Å². The van der Waals surface area contributed by atoms with Crippen LogP contribution in [0.15, 0.2) is 53.5 Å². The van der Waals surface area contributed by atoms with Gasteiger partial charge in [-0.25, -0.2) is 0 Å². The van der Waals surface area contributed by atoms with Gasteiger partial charge in [0.15, 0.2) is 0 Å². The van der Waals surface area contributed by atoms with Crippen LogP contribution in [0.5, 0.6) is 11.6 Å². The molecule has 2 saturated heterocycles. The number of nitrogens with one attached hydrogen (secondary N) is 1. The second kappa shape index (κ2) is 7.57. The third-order valence-electron chi connectivity index (χ3n) is 6.07. The molecule has 1 unspecified atom stereocenters. The minimum atomic E-state index is -0.0979. The Morgan fingerprint density at radius 2 is 1.80 bits per heavy atom. The number of phenols is 1. The van der Waals surface area contributed by atoms with Gasteiger partial charge >= 0.3 is 0 Å². The maximum atomic E-state index is 11.9. The van der Waals surface area contributed by atoms with Gasteiger partial charge < -0.3 is 19.7 Å². The molecule has 7 nitrogen and oxygen atoms in total. The van der Waals surface area contributed by atoms with Crippen LogP contribution in [0.3, 0.4) is 0 Å². The van der Waals surface area contributed by atoms with Crippen LogP contribution in [-0.4, -0.2) is 38.1 Å². The van der Waals surface area contributed by atoms with Crippen LogP contribution in [0.2, 0.25) is 0 Å². The van der Waals surface area contributed by atoms with E-state index < -0.39 is 0 Å². The van der Waals surface area contributed by atoms with Crippen molar-refractivity contribution in [2.75, 3.05) is 0 Å². The van der Waals surface area contributed by atoms with Crippen molar-refractivity contribution in [1.29, 1.82) is 0 Å². The number of pyridine rings is 1. The second-order valence-electron chi connectivity index (χ2n) is 8.20. The van der Waals surface area contributed by atoms with Crippen LogP contribution in [-0.2, 0) is 7.05 Å². The van der Waals surface area contributed by atoms with Crippen molar-refractivity contribution in [3.8, 4) is 34.0 Å². The Hall–Kier alpha value is -3.19. The summed E-state index contributed by atoms with van der Waals surface area (Å²) < 4.78 is 7.55. The zero-order valence-corrected chi connectivity index (χ0v) is 16.8. The molecular weight excluding hydrogens is 380 g/mol. The summed E-state index contributed by atoms with van der Waals surface area (Å²) in [4.78, 5) is 11.9. The first-order valence-corrected chi connectivity index (χ1v) is 10.3. The molecule has 0 amide bonds. The molecule has 0 saturated carbocycles. The molecule has 3 aromatic rings. The molecule has 154 valence electrons. The van der Waals surface area contributed by atoms with E-state index in [-0.39, 0.29) is 17.4 Å². The van der Waals surface area contributed by atoms with Crippen molar-refractivity contribution in [3.63, 3.8) is 0 Å². The molecule has 0 spiro atoms. The number of aryl methyl sites for hydroxylation is 1.